The Hall–Kier alpha value is -3.43. The van der Waals surface area contributed by atoms with E-state index in [-0.39, 0.29) is 12.3 Å². The first-order valence-electron chi connectivity index (χ1n) is 8.02. The third-order valence-electron chi connectivity index (χ3n) is 3.64. The molecule has 0 radical (unpaired) electrons. The molecule has 3 aromatic rings. The molecule has 148 valence electrons. The van der Waals surface area contributed by atoms with Crippen LogP contribution in [0.5, 0.6) is 17.2 Å². The molecule has 0 fully saturated rings. The Balaban J connectivity index is 1.64. The lowest BCUT2D eigenvalue weighted by Crippen LogP contribution is -2.17. The number of nitrogens with one attached hydrogen (secondary N) is 1. The Morgan fingerprint density at radius 1 is 1.00 bits per heavy atom. The zero-order valence-electron chi connectivity index (χ0n) is 14.9. The summed E-state index contributed by atoms with van der Waals surface area (Å²) in [4.78, 5) is 4.28. The summed E-state index contributed by atoms with van der Waals surface area (Å²) in [6.07, 6.45) is -4.72. The fourth-order valence-corrected chi connectivity index (χ4v) is 2.37. The monoisotopic (exact) mass is 395 g/mol. The van der Waals surface area contributed by atoms with Gasteiger partial charge >= 0.3 is 6.36 Å². The quantitative estimate of drug-likeness (QED) is 0.640. The van der Waals surface area contributed by atoms with Crippen molar-refractivity contribution in [3.63, 3.8) is 0 Å². The number of hydrogen-bond acceptors (Lipinski definition) is 7. The van der Waals surface area contributed by atoms with Crippen molar-refractivity contribution in [1.29, 1.82) is 0 Å². The maximum atomic E-state index is 12.2. The molecule has 0 unspecified atom stereocenters. The minimum Gasteiger partial charge on any atom is -0.493 e. The van der Waals surface area contributed by atoms with Gasteiger partial charge in [0.15, 0.2) is 11.5 Å². The predicted molar refractivity (Wildman–Crippen MR) is 93.3 cm³/mol. The lowest BCUT2D eigenvalue weighted by atomic mass is 10.2. The molecule has 0 aliphatic carbocycles. The van der Waals surface area contributed by atoms with Gasteiger partial charge in [0.2, 0.25) is 11.7 Å². The van der Waals surface area contributed by atoms with Gasteiger partial charge in [-0.1, -0.05) is 5.16 Å². The second kappa shape index (κ2) is 8.07. The summed E-state index contributed by atoms with van der Waals surface area (Å²) in [7, 11) is 3.07. The average Bonchev–Trinajstić information content (AvgIpc) is 3.14. The Bertz CT molecular complexity index is 927. The van der Waals surface area contributed by atoms with Crippen molar-refractivity contribution in [3.05, 3.63) is 48.4 Å². The highest BCUT2D eigenvalue weighted by molar-refractivity contribution is 5.60. The molecule has 0 spiro atoms. The van der Waals surface area contributed by atoms with Crippen LogP contribution in [0.1, 0.15) is 5.89 Å². The first-order valence-corrected chi connectivity index (χ1v) is 8.02. The largest absolute Gasteiger partial charge is 0.573 e. The van der Waals surface area contributed by atoms with Crippen LogP contribution >= 0.6 is 0 Å². The Kier molecular flexibility index (Phi) is 5.57. The third-order valence-corrected chi connectivity index (χ3v) is 3.64. The van der Waals surface area contributed by atoms with Crippen LogP contribution in [-0.2, 0) is 6.54 Å². The van der Waals surface area contributed by atoms with E-state index in [1.807, 2.05) is 0 Å². The summed E-state index contributed by atoms with van der Waals surface area (Å²) in [5.74, 6) is 1.49. The normalized spacial score (nSPS) is 11.2. The minimum atomic E-state index is -4.72. The van der Waals surface area contributed by atoms with Gasteiger partial charge in [-0.2, -0.15) is 4.98 Å². The van der Waals surface area contributed by atoms with Crippen molar-refractivity contribution in [2.24, 2.45) is 0 Å². The van der Waals surface area contributed by atoms with E-state index in [0.717, 1.165) is 0 Å². The first-order chi connectivity index (χ1) is 13.4. The second-order valence-corrected chi connectivity index (χ2v) is 5.51. The van der Waals surface area contributed by atoms with Crippen molar-refractivity contribution < 1.29 is 31.9 Å². The highest BCUT2D eigenvalue weighted by Crippen LogP contribution is 2.31. The number of halogens is 3. The van der Waals surface area contributed by atoms with E-state index in [1.165, 1.54) is 38.5 Å². The molecule has 10 heteroatoms. The molecule has 1 aromatic heterocycles. The van der Waals surface area contributed by atoms with Gasteiger partial charge < -0.3 is 24.1 Å². The number of nitrogens with zero attached hydrogens (tertiary/aromatic N) is 2. The molecular formula is C18H16F3N3O4. The van der Waals surface area contributed by atoms with Crippen molar-refractivity contribution in [1.82, 2.24) is 10.1 Å². The number of aromatic nitrogens is 2. The van der Waals surface area contributed by atoms with Crippen LogP contribution in [-0.4, -0.2) is 30.7 Å². The van der Waals surface area contributed by atoms with Crippen LogP contribution in [0.15, 0.2) is 47.0 Å². The van der Waals surface area contributed by atoms with Gasteiger partial charge in [0.05, 0.1) is 20.8 Å². The summed E-state index contributed by atoms with van der Waals surface area (Å²) in [6, 6.07) is 10.5. The molecule has 7 nitrogen and oxygen atoms in total. The van der Waals surface area contributed by atoms with Crippen LogP contribution in [0.25, 0.3) is 11.4 Å². The Labute approximate surface area is 158 Å². The minimum absolute atomic E-state index is 0.194. The van der Waals surface area contributed by atoms with Crippen LogP contribution < -0.4 is 19.5 Å². The summed E-state index contributed by atoms with van der Waals surface area (Å²) in [5.41, 5.74) is 1.25. The molecule has 0 aliphatic rings. The van der Waals surface area contributed by atoms with Gasteiger partial charge in [0.25, 0.3) is 0 Å². The fraction of sp³-hybridized carbons (Fsp3) is 0.222. The fourth-order valence-electron chi connectivity index (χ4n) is 2.37. The average molecular weight is 395 g/mol. The van der Waals surface area contributed by atoms with Crippen LogP contribution in [0.2, 0.25) is 0 Å². The Morgan fingerprint density at radius 3 is 2.36 bits per heavy atom. The summed E-state index contributed by atoms with van der Waals surface area (Å²) in [5, 5.41) is 6.90. The van der Waals surface area contributed by atoms with Crippen molar-refractivity contribution in [2.45, 2.75) is 12.9 Å². The van der Waals surface area contributed by atoms with Crippen LogP contribution in [0, 0.1) is 0 Å². The number of hydrogen-bond donors (Lipinski definition) is 1. The lowest BCUT2D eigenvalue weighted by molar-refractivity contribution is -0.274. The van der Waals surface area contributed by atoms with Gasteiger partial charge in [-0.05, 0) is 42.5 Å². The zero-order valence-corrected chi connectivity index (χ0v) is 14.9. The molecular weight excluding hydrogens is 379 g/mol. The van der Waals surface area contributed by atoms with E-state index in [2.05, 4.69) is 20.2 Å². The van der Waals surface area contributed by atoms with Gasteiger partial charge in [-0.3, -0.25) is 0 Å². The molecule has 0 amide bonds. The summed E-state index contributed by atoms with van der Waals surface area (Å²) >= 11 is 0. The number of methoxy groups -OCH3 is 2. The maximum Gasteiger partial charge on any atom is 0.573 e. The highest BCUT2D eigenvalue weighted by Gasteiger charge is 2.30. The lowest BCUT2D eigenvalue weighted by Gasteiger charge is -2.09. The van der Waals surface area contributed by atoms with Gasteiger partial charge in [0.1, 0.15) is 5.75 Å². The molecule has 0 atom stereocenters. The molecule has 0 aliphatic heterocycles. The number of anilines is 1. The molecule has 2 aromatic carbocycles. The van der Waals surface area contributed by atoms with E-state index >= 15 is 0 Å². The highest BCUT2D eigenvalue weighted by atomic mass is 19.4. The maximum absolute atomic E-state index is 12.2. The van der Waals surface area contributed by atoms with Crippen molar-refractivity contribution in [2.75, 3.05) is 19.5 Å². The van der Waals surface area contributed by atoms with E-state index < -0.39 is 6.36 Å². The summed E-state index contributed by atoms with van der Waals surface area (Å²) < 4.78 is 55.9. The molecule has 28 heavy (non-hydrogen) atoms. The second-order valence-electron chi connectivity index (χ2n) is 5.51. The molecule has 1 heterocycles. The predicted octanol–water partition coefficient (Wildman–Crippen LogP) is 4.26. The molecule has 3 rings (SSSR count). The molecule has 0 saturated heterocycles. The van der Waals surface area contributed by atoms with Gasteiger partial charge in [0, 0.05) is 11.3 Å². The summed E-state index contributed by atoms with van der Waals surface area (Å²) in [6.45, 7) is 0.194. The van der Waals surface area contributed by atoms with Crippen LogP contribution in [0.3, 0.4) is 0 Å². The van der Waals surface area contributed by atoms with E-state index in [1.54, 1.807) is 18.2 Å². The number of alkyl halides is 3. The third kappa shape index (κ3) is 4.84. The van der Waals surface area contributed by atoms with E-state index in [0.29, 0.717) is 34.5 Å². The van der Waals surface area contributed by atoms with Crippen molar-refractivity contribution in [3.8, 4) is 28.6 Å². The van der Waals surface area contributed by atoms with Crippen LogP contribution in [0.4, 0.5) is 18.9 Å². The van der Waals surface area contributed by atoms with Crippen molar-refractivity contribution >= 4 is 5.69 Å². The number of benzene rings is 2. The molecule has 1 N–H and O–H groups in total. The van der Waals surface area contributed by atoms with Gasteiger partial charge in [-0.15, -0.1) is 13.2 Å². The van der Waals surface area contributed by atoms with E-state index in [9.17, 15) is 13.2 Å². The standard InChI is InChI=1S/C18H16F3N3O4/c1-25-14-8-3-11(9-15(14)26-2)17-23-16(28-24-17)10-22-12-4-6-13(7-5-12)27-18(19,20)21/h3-9,22H,10H2,1-2H3. The van der Waals surface area contributed by atoms with Gasteiger partial charge in [-0.25, -0.2) is 0 Å². The first kappa shape index (κ1) is 19.3. The topological polar surface area (TPSA) is 78.6 Å². The Morgan fingerprint density at radius 2 is 1.71 bits per heavy atom. The zero-order chi connectivity index (χ0) is 20.1. The smallest absolute Gasteiger partial charge is 0.493 e. The van der Waals surface area contributed by atoms with E-state index in [4.69, 9.17) is 14.0 Å². The molecule has 0 saturated carbocycles. The SMILES string of the molecule is COc1ccc(-c2noc(CNc3ccc(OC(F)(F)F)cc3)n2)cc1OC. The number of rotatable bonds is 7. The number of ether oxygens (including phenoxy) is 3. The molecule has 0 bridgehead atoms.